The van der Waals surface area contributed by atoms with Gasteiger partial charge >= 0.3 is 5.97 Å². The second-order valence-corrected chi connectivity index (χ2v) is 5.91. The summed E-state index contributed by atoms with van der Waals surface area (Å²) in [4.78, 5) is 12.2. The first-order chi connectivity index (χ1) is 9.40. The fraction of sp³-hybridized carbons (Fsp3) is 0.353. The SMILES string of the molecule is C=C(C)C#CC(CC(C)C)OC(=O)c1ccccc1Br. The van der Waals surface area contributed by atoms with Gasteiger partial charge in [-0.1, -0.05) is 44.4 Å². The molecule has 0 spiro atoms. The molecule has 1 unspecified atom stereocenters. The third-order valence-corrected chi connectivity index (χ3v) is 3.17. The fourth-order valence-electron chi connectivity index (χ4n) is 1.59. The summed E-state index contributed by atoms with van der Waals surface area (Å²) in [5.41, 5.74) is 1.27. The van der Waals surface area contributed by atoms with Gasteiger partial charge < -0.3 is 4.74 Å². The van der Waals surface area contributed by atoms with Crippen LogP contribution in [0, 0.1) is 17.8 Å². The highest BCUT2D eigenvalue weighted by atomic mass is 79.9. The Balaban J connectivity index is 2.85. The first-order valence-electron chi connectivity index (χ1n) is 6.52. The number of esters is 1. The van der Waals surface area contributed by atoms with Crippen LogP contribution in [0.5, 0.6) is 0 Å². The number of carbonyl (C=O) groups excluding carboxylic acids is 1. The lowest BCUT2D eigenvalue weighted by Crippen LogP contribution is -2.19. The molecule has 0 aliphatic rings. The zero-order chi connectivity index (χ0) is 15.1. The summed E-state index contributed by atoms with van der Waals surface area (Å²) in [5.74, 6) is 5.88. The molecule has 1 aromatic carbocycles. The maximum atomic E-state index is 12.2. The minimum atomic E-state index is -0.411. The van der Waals surface area contributed by atoms with E-state index in [1.165, 1.54) is 0 Å². The zero-order valence-corrected chi connectivity index (χ0v) is 13.7. The van der Waals surface area contributed by atoms with E-state index in [0.717, 1.165) is 10.0 Å². The van der Waals surface area contributed by atoms with Crippen LogP contribution >= 0.6 is 15.9 Å². The average molecular weight is 335 g/mol. The van der Waals surface area contributed by atoms with Crippen molar-refractivity contribution >= 4 is 21.9 Å². The summed E-state index contributed by atoms with van der Waals surface area (Å²) in [6.07, 6.45) is 0.294. The van der Waals surface area contributed by atoms with E-state index < -0.39 is 6.10 Å². The van der Waals surface area contributed by atoms with E-state index >= 15 is 0 Å². The molecule has 2 nitrogen and oxygen atoms in total. The monoisotopic (exact) mass is 334 g/mol. The predicted molar refractivity (Wildman–Crippen MR) is 85.4 cm³/mol. The number of rotatable bonds is 4. The van der Waals surface area contributed by atoms with Crippen LogP contribution in [-0.4, -0.2) is 12.1 Å². The van der Waals surface area contributed by atoms with Crippen molar-refractivity contribution in [3.8, 4) is 11.8 Å². The normalized spacial score (nSPS) is 11.4. The van der Waals surface area contributed by atoms with Gasteiger partial charge in [0.2, 0.25) is 0 Å². The van der Waals surface area contributed by atoms with E-state index in [-0.39, 0.29) is 5.97 Å². The molecule has 0 N–H and O–H groups in total. The van der Waals surface area contributed by atoms with Crippen LogP contribution in [0.15, 0.2) is 40.9 Å². The number of hydrogen-bond donors (Lipinski definition) is 0. The lowest BCUT2D eigenvalue weighted by Gasteiger charge is -2.15. The van der Waals surface area contributed by atoms with Crippen LogP contribution in [-0.2, 0) is 4.74 Å². The van der Waals surface area contributed by atoms with Crippen LogP contribution in [0.4, 0.5) is 0 Å². The molecular weight excluding hydrogens is 316 g/mol. The van der Waals surface area contributed by atoms with Crippen LogP contribution in [0.2, 0.25) is 0 Å². The highest BCUT2D eigenvalue weighted by Crippen LogP contribution is 2.18. The minimum absolute atomic E-state index is 0.362. The van der Waals surface area contributed by atoms with Crippen molar-refractivity contribution < 1.29 is 9.53 Å². The molecule has 106 valence electrons. The largest absolute Gasteiger partial charge is 0.446 e. The Hall–Kier alpha value is -1.53. The van der Waals surface area contributed by atoms with Crippen molar-refractivity contribution in [2.75, 3.05) is 0 Å². The van der Waals surface area contributed by atoms with Gasteiger partial charge in [-0.15, -0.1) is 0 Å². The number of ether oxygens (including phenoxy) is 1. The maximum absolute atomic E-state index is 12.2. The molecule has 1 aromatic rings. The van der Waals surface area contributed by atoms with Gasteiger partial charge in [0.05, 0.1) is 5.56 Å². The van der Waals surface area contributed by atoms with Gasteiger partial charge in [-0.05, 0) is 52.9 Å². The molecule has 0 radical (unpaired) electrons. The van der Waals surface area contributed by atoms with Gasteiger partial charge in [-0.2, -0.15) is 0 Å². The molecular formula is C17H19BrO2. The molecule has 0 aromatic heterocycles. The van der Waals surface area contributed by atoms with Crippen LogP contribution < -0.4 is 0 Å². The summed E-state index contributed by atoms with van der Waals surface area (Å²) >= 11 is 3.35. The molecule has 0 aliphatic heterocycles. The lowest BCUT2D eigenvalue weighted by atomic mass is 10.1. The molecule has 0 bridgehead atoms. The first-order valence-corrected chi connectivity index (χ1v) is 7.32. The van der Waals surface area contributed by atoms with E-state index in [4.69, 9.17) is 4.74 Å². The molecule has 20 heavy (non-hydrogen) atoms. The van der Waals surface area contributed by atoms with E-state index in [1.807, 2.05) is 19.1 Å². The summed E-state index contributed by atoms with van der Waals surface area (Å²) in [5, 5.41) is 0. The van der Waals surface area contributed by atoms with E-state index in [9.17, 15) is 4.79 Å². The Morgan fingerprint density at radius 3 is 2.60 bits per heavy atom. The van der Waals surface area contributed by atoms with Crippen molar-refractivity contribution in [2.24, 2.45) is 5.92 Å². The second-order valence-electron chi connectivity index (χ2n) is 5.05. The molecule has 0 saturated heterocycles. The third kappa shape index (κ3) is 5.63. The zero-order valence-electron chi connectivity index (χ0n) is 12.1. The van der Waals surface area contributed by atoms with Crippen LogP contribution in [0.1, 0.15) is 37.6 Å². The summed E-state index contributed by atoms with van der Waals surface area (Å²) in [6.45, 7) is 9.71. The summed E-state index contributed by atoms with van der Waals surface area (Å²) in [7, 11) is 0. The lowest BCUT2D eigenvalue weighted by molar-refractivity contribution is 0.0376. The Morgan fingerprint density at radius 1 is 1.40 bits per heavy atom. The second kappa shape index (κ2) is 7.91. The number of benzene rings is 1. The molecule has 0 saturated carbocycles. The topological polar surface area (TPSA) is 26.3 Å². The Morgan fingerprint density at radius 2 is 2.05 bits per heavy atom. The molecule has 1 rings (SSSR count). The summed E-state index contributed by atoms with van der Waals surface area (Å²) < 4.78 is 6.22. The quantitative estimate of drug-likeness (QED) is 0.594. The molecule has 1 atom stereocenters. The van der Waals surface area contributed by atoms with Crippen molar-refractivity contribution in [3.63, 3.8) is 0 Å². The molecule has 0 fully saturated rings. The van der Waals surface area contributed by atoms with Crippen molar-refractivity contribution in [1.82, 2.24) is 0 Å². The van der Waals surface area contributed by atoms with Gasteiger partial charge in [-0.3, -0.25) is 0 Å². The smallest absolute Gasteiger partial charge is 0.340 e. The van der Waals surface area contributed by atoms with Gasteiger partial charge in [-0.25, -0.2) is 4.79 Å². The number of carbonyl (C=O) groups is 1. The van der Waals surface area contributed by atoms with Crippen molar-refractivity contribution in [2.45, 2.75) is 33.3 Å². The molecule has 0 heterocycles. The van der Waals surface area contributed by atoms with E-state index in [0.29, 0.717) is 17.9 Å². The average Bonchev–Trinajstić information content (AvgIpc) is 2.35. The highest BCUT2D eigenvalue weighted by Gasteiger charge is 2.17. The Labute approximate surface area is 129 Å². The van der Waals surface area contributed by atoms with Gasteiger partial charge in [0, 0.05) is 4.47 Å². The van der Waals surface area contributed by atoms with Crippen LogP contribution in [0.25, 0.3) is 0 Å². The maximum Gasteiger partial charge on any atom is 0.340 e. The Bertz CT molecular complexity index is 550. The third-order valence-electron chi connectivity index (χ3n) is 2.48. The van der Waals surface area contributed by atoms with Gasteiger partial charge in [0.15, 0.2) is 6.10 Å². The minimum Gasteiger partial charge on any atom is -0.446 e. The molecule has 0 aliphatic carbocycles. The van der Waals surface area contributed by atoms with Gasteiger partial charge in [0.1, 0.15) is 0 Å². The van der Waals surface area contributed by atoms with E-state index in [1.54, 1.807) is 12.1 Å². The van der Waals surface area contributed by atoms with Crippen molar-refractivity contribution in [3.05, 3.63) is 46.5 Å². The van der Waals surface area contributed by atoms with E-state index in [2.05, 4.69) is 48.2 Å². The summed E-state index contributed by atoms with van der Waals surface area (Å²) in [6, 6.07) is 7.20. The van der Waals surface area contributed by atoms with Crippen LogP contribution in [0.3, 0.4) is 0 Å². The fourth-order valence-corrected chi connectivity index (χ4v) is 2.03. The van der Waals surface area contributed by atoms with Gasteiger partial charge in [0.25, 0.3) is 0 Å². The predicted octanol–water partition coefficient (Wildman–Crippen LogP) is 4.60. The number of hydrogen-bond acceptors (Lipinski definition) is 2. The van der Waals surface area contributed by atoms with Crippen molar-refractivity contribution in [1.29, 1.82) is 0 Å². The number of halogens is 1. The molecule has 3 heteroatoms. The standard InChI is InChI=1S/C17H19BrO2/c1-12(2)9-10-14(11-13(3)4)20-17(19)15-7-5-6-8-16(15)18/h5-8,13-14H,1,11H2,2-4H3. The molecule has 0 amide bonds. The first kappa shape index (κ1) is 16.5. The Kier molecular flexibility index (Phi) is 6.54. The highest BCUT2D eigenvalue weighted by molar-refractivity contribution is 9.10. The number of allylic oxidation sites excluding steroid dienone is 1.